The first-order valence-corrected chi connectivity index (χ1v) is 4.25. The van der Waals surface area contributed by atoms with Gasteiger partial charge in [-0.15, -0.1) is 0 Å². The first kappa shape index (κ1) is 9.80. The lowest BCUT2D eigenvalue weighted by Crippen LogP contribution is -1.96. The smallest absolute Gasteiger partial charge is 0.335 e. The van der Waals surface area contributed by atoms with E-state index in [0.29, 0.717) is 10.2 Å². The van der Waals surface area contributed by atoms with Gasteiger partial charge >= 0.3 is 5.97 Å². The molecule has 0 aliphatic heterocycles. The average Bonchev–Trinajstić information content (AvgIpc) is 2.08. The second-order valence-corrected chi connectivity index (χ2v) is 3.09. The van der Waals surface area contributed by atoms with Gasteiger partial charge in [-0.05, 0) is 34.1 Å². The Labute approximate surface area is 83.8 Å². The summed E-state index contributed by atoms with van der Waals surface area (Å²) in [7, 11) is 0. The van der Waals surface area contributed by atoms with Crippen LogP contribution in [0.4, 0.5) is 0 Å². The average molecular weight is 243 g/mol. The van der Waals surface area contributed by atoms with Crippen LogP contribution in [-0.4, -0.2) is 11.1 Å². The van der Waals surface area contributed by atoms with Crippen LogP contribution in [0.25, 0.3) is 0 Å². The lowest BCUT2D eigenvalue weighted by atomic mass is 10.2. The Bertz CT molecular complexity index is 347. The fourth-order valence-electron chi connectivity index (χ4n) is 0.816. The van der Waals surface area contributed by atoms with Gasteiger partial charge in [-0.2, -0.15) is 0 Å². The van der Waals surface area contributed by atoms with Crippen molar-refractivity contribution in [2.24, 2.45) is 0 Å². The van der Waals surface area contributed by atoms with Crippen LogP contribution in [0.2, 0.25) is 0 Å². The van der Waals surface area contributed by atoms with Gasteiger partial charge in [-0.25, -0.2) is 4.79 Å². The van der Waals surface area contributed by atoms with E-state index in [9.17, 15) is 4.79 Å². The number of halogens is 1. The molecule has 0 radical (unpaired) electrons. The summed E-state index contributed by atoms with van der Waals surface area (Å²) in [6.07, 6.45) is 1.24. The maximum absolute atomic E-state index is 10.6. The summed E-state index contributed by atoms with van der Waals surface area (Å²) < 4.78 is 5.67. The zero-order chi connectivity index (χ0) is 9.84. The van der Waals surface area contributed by atoms with Gasteiger partial charge in [-0.3, -0.25) is 0 Å². The molecule has 1 aromatic carbocycles. The number of carboxylic acids is 1. The molecule has 4 heteroatoms. The SMILES string of the molecule is C=COc1cc(C(=O)O)ccc1Br. The first-order chi connectivity index (χ1) is 6.15. The normalized spacial score (nSPS) is 9.31. The van der Waals surface area contributed by atoms with Gasteiger partial charge in [0.1, 0.15) is 5.75 Å². The highest BCUT2D eigenvalue weighted by Gasteiger charge is 2.06. The number of carbonyl (C=O) groups is 1. The van der Waals surface area contributed by atoms with Crippen LogP contribution < -0.4 is 4.74 Å². The summed E-state index contributed by atoms with van der Waals surface area (Å²) in [5, 5.41) is 8.67. The van der Waals surface area contributed by atoms with Crippen LogP contribution in [0.1, 0.15) is 10.4 Å². The molecule has 68 valence electrons. The van der Waals surface area contributed by atoms with Crippen molar-refractivity contribution in [1.82, 2.24) is 0 Å². The molecule has 0 amide bonds. The predicted molar refractivity (Wildman–Crippen MR) is 51.9 cm³/mol. The number of benzene rings is 1. The Balaban J connectivity index is 3.10. The van der Waals surface area contributed by atoms with Crippen molar-refractivity contribution in [3.63, 3.8) is 0 Å². The fourth-order valence-corrected chi connectivity index (χ4v) is 1.16. The molecular formula is C9H7BrO3. The number of rotatable bonds is 3. The molecule has 0 aliphatic carbocycles. The van der Waals surface area contributed by atoms with Gasteiger partial charge in [0.25, 0.3) is 0 Å². The molecular weight excluding hydrogens is 236 g/mol. The van der Waals surface area contributed by atoms with Crippen LogP contribution in [0.15, 0.2) is 35.5 Å². The summed E-state index contributed by atoms with van der Waals surface area (Å²) in [6.45, 7) is 3.38. The highest BCUT2D eigenvalue weighted by molar-refractivity contribution is 9.10. The largest absolute Gasteiger partial charge is 0.478 e. The second kappa shape index (κ2) is 4.09. The second-order valence-electron chi connectivity index (χ2n) is 2.23. The van der Waals surface area contributed by atoms with Crippen LogP contribution in [0.3, 0.4) is 0 Å². The first-order valence-electron chi connectivity index (χ1n) is 3.45. The number of hydrogen-bond donors (Lipinski definition) is 1. The van der Waals surface area contributed by atoms with Gasteiger partial charge in [0.15, 0.2) is 0 Å². The summed E-state index contributed by atoms with van der Waals surface area (Å²) in [5.41, 5.74) is 0.181. The van der Waals surface area contributed by atoms with E-state index in [4.69, 9.17) is 9.84 Å². The minimum Gasteiger partial charge on any atom is -0.478 e. The molecule has 0 fully saturated rings. The number of aromatic carboxylic acids is 1. The van der Waals surface area contributed by atoms with Crippen molar-refractivity contribution in [1.29, 1.82) is 0 Å². The van der Waals surface area contributed by atoms with Gasteiger partial charge in [0, 0.05) is 0 Å². The fraction of sp³-hybridized carbons (Fsp3) is 0. The molecule has 0 saturated carbocycles. The minimum absolute atomic E-state index is 0.181. The quantitative estimate of drug-likeness (QED) is 0.830. The standard InChI is InChI=1S/C9H7BrO3/c1-2-13-8-5-6(9(11)12)3-4-7(8)10/h2-5H,1H2,(H,11,12). The maximum Gasteiger partial charge on any atom is 0.335 e. The molecule has 0 spiro atoms. The van der Waals surface area contributed by atoms with E-state index in [-0.39, 0.29) is 5.56 Å². The highest BCUT2D eigenvalue weighted by Crippen LogP contribution is 2.26. The van der Waals surface area contributed by atoms with Crippen molar-refractivity contribution in [3.8, 4) is 5.75 Å². The van der Waals surface area contributed by atoms with E-state index in [1.165, 1.54) is 18.4 Å². The molecule has 1 aromatic rings. The van der Waals surface area contributed by atoms with Crippen molar-refractivity contribution in [3.05, 3.63) is 41.1 Å². The van der Waals surface area contributed by atoms with Gasteiger partial charge in [0.2, 0.25) is 0 Å². The predicted octanol–water partition coefficient (Wildman–Crippen LogP) is 2.67. The molecule has 0 aromatic heterocycles. The van der Waals surface area contributed by atoms with Gasteiger partial charge in [0.05, 0.1) is 16.3 Å². The van der Waals surface area contributed by atoms with E-state index in [0.717, 1.165) is 0 Å². The lowest BCUT2D eigenvalue weighted by molar-refractivity contribution is 0.0696. The molecule has 13 heavy (non-hydrogen) atoms. The van der Waals surface area contributed by atoms with Gasteiger partial charge < -0.3 is 9.84 Å². The van der Waals surface area contributed by atoms with E-state index in [2.05, 4.69) is 22.5 Å². The Hall–Kier alpha value is -1.29. The van der Waals surface area contributed by atoms with Crippen LogP contribution in [0.5, 0.6) is 5.75 Å². The third-order valence-corrected chi connectivity index (χ3v) is 2.04. The van der Waals surface area contributed by atoms with Crippen molar-refractivity contribution < 1.29 is 14.6 Å². The van der Waals surface area contributed by atoms with E-state index in [1.54, 1.807) is 6.07 Å². The summed E-state index contributed by atoms with van der Waals surface area (Å²) in [4.78, 5) is 10.6. The van der Waals surface area contributed by atoms with Crippen molar-refractivity contribution >= 4 is 21.9 Å². The topological polar surface area (TPSA) is 46.5 Å². The molecule has 1 N–H and O–H groups in total. The zero-order valence-corrected chi connectivity index (χ0v) is 8.24. The number of hydrogen-bond acceptors (Lipinski definition) is 2. The molecule has 0 bridgehead atoms. The Morgan fingerprint density at radius 2 is 2.31 bits per heavy atom. The molecule has 0 unspecified atom stereocenters. The Morgan fingerprint density at radius 3 is 2.85 bits per heavy atom. The summed E-state index contributed by atoms with van der Waals surface area (Å²) >= 11 is 3.21. The van der Waals surface area contributed by atoms with E-state index >= 15 is 0 Å². The van der Waals surface area contributed by atoms with E-state index < -0.39 is 5.97 Å². The van der Waals surface area contributed by atoms with E-state index in [1.807, 2.05) is 0 Å². The Kier molecular flexibility index (Phi) is 3.08. The minimum atomic E-state index is -0.985. The third kappa shape index (κ3) is 2.32. The van der Waals surface area contributed by atoms with Crippen molar-refractivity contribution in [2.75, 3.05) is 0 Å². The van der Waals surface area contributed by atoms with Crippen LogP contribution >= 0.6 is 15.9 Å². The van der Waals surface area contributed by atoms with Crippen LogP contribution in [0, 0.1) is 0 Å². The highest BCUT2D eigenvalue weighted by atomic mass is 79.9. The molecule has 0 saturated heterocycles. The molecule has 0 atom stereocenters. The number of ether oxygens (including phenoxy) is 1. The Morgan fingerprint density at radius 1 is 1.62 bits per heavy atom. The lowest BCUT2D eigenvalue weighted by Gasteiger charge is -2.03. The number of carboxylic acid groups (broad SMARTS) is 1. The molecule has 0 aliphatic rings. The summed E-state index contributed by atoms with van der Waals surface area (Å²) in [5.74, 6) is -0.545. The zero-order valence-electron chi connectivity index (χ0n) is 6.66. The third-order valence-electron chi connectivity index (χ3n) is 1.39. The molecule has 3 nitrogen and oxygen atoms in total. The monoisotopic (exact) mass is 242 g/mol. The molecule has 0 heterocycles. The summed E-state index contributed by atoms with van der Waals surface area (Å²) in [6, 6.07) is 4.53. The van der Waals surface area contributed by atoms with Gasteiger partial charge in [-0.1, -0.05) is 6.58 Å². The maximum atomic E-state index is 10.6. The molecule has 1 rings (SSSR count). The van der Waals surface area contributed by atoms with Crippen molar-refractivity contribution in [2.45, 2.75) is 0 Å². The van der Waals surface area contributed by atoms with Crippen LogP contribution in [-0.2, 0) is 0 Å².